The van der Waals surface area contributed by atoms with E-state index in [4.69, 9.17) is 21.1 Å². The number of hydrogen-bond donors (Lipinski definition) is 2. The van der Waals surface area contributed by atoms with E-state index in [-0.39, 0.29) is 6.10 Å². The van der Waals surface area contributed by atoms with E-state index in [2.05, 4.69) is 10.9 Å². The molecule has 136 valence electrons. The lowest BCUT2D eigenvalue weighted by Gasteiger charge is -2.14. The second-order valence-electron chi connectivity index (χ2n) is 5.86. The number of halogens is 1. The molecule has 2 aromatic carbocycles. The van der Waals surface area contributed by atoms with Crippen LogP contribution in [-0.4, -0.2) is 31.1 Å². The van der Waals surface area contributed by atoms with E-state index in [1.807, 2.05) is 0 Å². The van der Waals surface area contributed by atoms with Gasteiger partial charge in [-0.15, -0.1) is 0 Å². The highest BCUT2D eigenvalue weighted by Crippen LogP contribution is 2.20. The van der Waals surface area contributed by atoms with E-state index in [0.717, 1.165) is 19.4 Å². The second-order valence-corrected chi connectivity index (χ2v) is 6.29. The molecule has 0 radical (unpaired) electrons. The molecule has 0 bridgehead atoms. The van der Waals surface area contributed by atoms with Crippen LogP contribution in [0, 0.1) is 0 Å². The molecular formula is C19H19ClN2O4. The Morgan fingerprint density at radius 2 is 1.81 bits per heavy atom. The van der Waals surface area contributed by atoms with Gasteiger partial charge in [-0.3, -0.25) is 20.4 Å². The molecule has 0 aromatic heterocycles. The fourth-order valence-corrected chi connectivity index (χ4v) is 2.72. The van der Waals surface area contributed by atoms with Crippen LogP contribution in [0.1, 0.15) is 33.6 Å². The Labute approximate surface area is 156 Å². The van der Waals surface area contributed by atoms with Crippen molar-refractivity contribution in [2.24, 2.45) is 0 Å². The molecule has 0 spiro atoms. The van der Waals surface area contributed by atoms with Gasteiger partial charge in [0.05, 0.1) is 11.7 Å². The third kappa shape index (κ3) is 4.74. The number of carbonyl (C=O) groups excluding carboxylic acids is 2. The average Bonchev–Trinajstić information content (AvgIpc) is 3.18. The normalized spacial score (nSPS) is 16.1. The topological polar surface area (TPSA) is 76.7 Å². The summed E-state index contributed by atoms with van der Waals surface area (Å²) in [5.41, 5.74) is 5.50. The van der Waals surface area contributed by atoms with Crippen LogP contribution in [-0.2, 0) is 4.74 Å². The molecule has 7 heteroatoms. The molecular weight excluding hydrogens is 356 g/mol. The number of nitrogens with one attached hydrogen (secondary N) is 2. The first-order valence-corrected chi connectivity index (χ1v) is 8.71. The Bertz CT molecular complexity index is 773. The summed E-state index contributed by atoms with van der Waals surface area (Å²) in [4.78, 5) is 24.5. The standard InChI is InChI=1S/C19H19ClN2O4/c20-14-9-7-13(8-10-14)18(23)21-22-19(24)16-5-1-2-6-17(16)26-12-15-4-3-11-25-15/h1-2,5-10,15H,3-4,11-12H2,(H,21,23)(H,22,24)/t15-/m0/s1. The van der Waals surface area contributed by atoms with Crippen molar-refractivity contribution in [1.29, 1.82) is 0 Å². The predicted octanol–water partition coefficient (Wildman–Crippen LogP) is 2.97. The number of carbonyl (C=O) groups is 2. The number of hydrogen-bond acceptors (Lipinski definition) is 4. The van der Waals surface area contributed by atoms with Gasteiger partial charge >= 0.3 is 0 Å². The Kier molecular flexibility index (Phi) is 6.09. The molecule has 26 heavy (non-hydrogen) atoms. The molecule has 2 aromatic rings. The smallest absolute Gasteiger partial charge is 0.273 e. The third-order valence-corrected chi connectivity index (χ3v) is 4.23. The van der Waals surface area contributed by atoms with Gasteiger partial charge in [0.25, 0.3) is 11.8 Å². The van der Waals surface area contributed by atoms with Gasteiger partial charge < -0.3 is 9.47 Å². The van der Waals surface area contributed by atoms with Crippen molar-refractivity contribution in [1.82, 2.24) is 10.9 Å². The lowest BCUT2D eigenvalue weighted by molar-refractivity contribution is 0.0669. The summed E-state index contributed by atoms with van der Waals surface area (Å²) >= 11 is 5.79. The van der Waals surface area contributed by atoms with Crippen LogP contribution >= 0.6 is 11.6 Å². The van der Waals surface area contributed by atoms with E-state index >= 15 is 0 Å². The van der Waals surface area contributed by atoms with Crippen LogP contribution in [0.15, 0.2) is 48.5 Å². The molecule has 1 aliphatic heterocycles. The van der Waals surface area contributed by atoms with Crippen molar-refractivity contribution < 1.29 is 19.1 Å². The Balaban J connectivity index is 1.58. The highest BCUT2D eigenvalue weighted by atomic mass is 35.5. The maximum Gasteiger partial charge on any atom is 0.273 e. The van der Waals surface area contributed by atoms with E-state index in [0.29, 0.717) is 28.5 Å². The summed E-state index contributed by atoms with van der Waals surface area (Å²) in [5, 5.41) is 0.530. The van der Waals surface area contributed by atoms with E-state index < -0.39 is 11.8 Å². The van der Waals surface area contributed by atoms with Gasteiger partial charge in [0, 0.05) is 17.2 Å². The Morgan fingerprint density at radius 1 is 1.08 bits per heavy atom. The van der Waals surface area contributed by atoms with Gasteiger partial charge in [-0.1, -0.05) is 23.7 Å². The maximum absolute atomic E-state index is 12.4. The van der Waals surface area contributed by atoms with Crippen molar-refractivity contribution in [3.8, 4) is 5.75 Å². The highest BCUT2D eigenvalue weighted by Gasteiger charge is 2.18. The number of benzene rings is 2. The van der Waals surface area contributed by atoms with Crippen LogP contribution in [0.5, 0.6) is 5.75 Å². The first kappa shape index (κ1) is 18.2. The van der Waals surface area contributed by atoms with Crippen molar-refractivity contribution >= 4 is 23.4 Å². The number of hydrazine groups is 1. The quantitative estimate of drug-likeness (QED) is 0.789. The van der Waals surface area contributed by atoms with Gasteiger partial charge in [-0.25, -0.2) is 0 Å². The molecule has 0 saturated carbocycles. The zero-order valence-corrected chi connectivity index (χ0v) is 14.8. The SMILES string of the molecule is O=C(NNC(=O)c1ccccc1OC[C@@H]1CCCO1)c1ccc(Cl)cc1. The molecule has 1 saturated heterocycles. The molecule has 1 fully saturated rings. The molecule has 1 heterocycles. The summed E-state index contributed by atoms with van der Waals surface area (Å²) in [5.74, 6) is -0.454. The first-order valence-electron chi connectivity index (χ1n) is 8.33. The fourth-order valence-electron chi connectivity index (χ4n) is 2.59. The summed E-state index contributed by atoms with van der Waals surface area (Å²) in [6.07, 6.45) is 2.02. The molecule has 1 atom stereocenters. The summed E-state index contributed by atoms with van der Waals surface area (Å²) in [6, 6.07) is 13.2. The van der Waals surface area contributed by atoms with Crippen molar-refractivity contribution in [2.75, 3.05) is 13.2 Å². The van der Waals surface area contributed by atoms with Crippen LogP contribution in [0.3, 0.4) is 0 Å². The monoisotopic (exact) mass is 374 g/mol. The van der Waals surface area contributed by atoms with Crippen LogP contribution in [0.2, 0.25) is 5.02 Å². The van der Waals surface area contributed by atoms with Crippen LogP contribution in [0.25, 0.3) is 0 Å². The zero-order valence-electron chi connectivity index (χ0n) is 14.0. The lowest BCUT2D eigenvalue weighted by Crippen LogP contribution is -2.41. The molecule has 2 N–H and O–H groups in total. The summed E-state index contributed by atoms with van der Waals surface area (Å²) in [7, 11) is 0. The molecule has 3 rings (SSSR count). The average molecular weight is 375 g/mol. The molecule has 1 aliphatic rings. The number of ether oxygens (including phenoxy) is 2. The lowest BCUT2D eigenvalue weighted by atomic mass is 10.2. The van der Waals surface area contributed by atoms with E-state index in [1.165, 1.54) is 0 Å². The van der Waals surface area contributed by atoms with Gasteiger partial charge in [0.1, 0.15) is 12.4 Å². The van der Waals surface area contributed by atoms with Gasteiger partial charge in [-0.05, 0) is 49.2 Å². The van der Waals surface area contributed by atoms with Crippen molar-refractivity contribution in [3.05, 3.63) is 64.7 Å². The Morgan fingerprint density at radius 3 is 2.54 bits per heavy atom. The second kappa shape index (κ2) is 8.69. The van der Waals surface area contributed by atoms with Crippen molar-refractivity contribution in [2.45, 2.75) is 18.9 Å². The van der Waals surface area contributed by atoms with Gasteiger partial charge in [-0.2, -0.15) is 0 Å². The molecule has 0 aliphatic carbocycles. The largest absolute Gasteiger partial charge is 0.490 e. The minimum Gasteiger partial charge on any atom is -0.490 e. The molecule has 2 amide bonds. The van der Waals surface area contributed by atoms with Crippen LogP contribution in [0.4, 0.5) is 0 Å². The minimum atomic E-state index is -0.463. The minimum absolute atomic E-state index is 0.0516. The van der Waals surface area contributed by atoms with Gasteiger partial charge in [0.15, 0.2) is 0 Å². The molecule has 0 unspecified atom stereocenters. The third-order valence-electron chi connectivity index (χ3n) is 3.98. The number of amides is 2. The first-order chi connectivity index (χ1) is 12.6. The zero-order chi connectivity index (χ0) is 18.4. The fraction of sp³-hybridized carbons (Fsp3) is 0.263. The maximum atomic E-state index is 12.4. The Hall–Kier alpha value is -2.57. The van der Waals surface area contributed by atoms with E-state index in [1.54, 1.807) is 48.5 Å². The summed E-state index contributed by atoms with van der Waals surface area (Å²) < 4.78 is 11.3. The highest BCUT2D eigenvalue weighted by molar-refractivity contribution is 6.30. The molecule has 6 nitrogen and oxygen atoms in total. The van der Waals surface area contributed by atoms with Crippen molar-refractivity contribution in [3.63, 3.8) is 0 Å². The number of rotatable bonds is 5. The predicted molar refractivity (Wildman–Crippen MR) is 97.3 cm³/mol. The van der Waals surface area contributed by atoms with Crippen LogP contribution < -0.4 is 15.6 Å². The van der Waals surface area contributed by atoms with E-state index in [9.17, 15) is 9.59 Å². The number of para-hydroxylation sites is 1. The van der Waals surface area contributed by atoms with Gasteiger partial charge in [0.2, 0.25) is 0 Å². The summed E-state index contributed by atoms with van der Waals surface area (Å²) in [6.45, 7) is 1.13.